The maximum Gasteiger partial charge on any atom is 0.0186 e. The van der Waals surface area contributed by atoms with Crippen LogP contribution in [0, 0.1) is 23.7 Å². The van der Waals surface area contributed by atoms with E-state index in [2.05, 4.69) is 51.7 Å². The van der Waals surface area contributed by atoms with Crippen LogP contribution in [0.1, 0.15) is 53.9 Å². The second-order valence-electron chi connectivity index (χ2n) is 6.77. The van der Waals surface area contributed by atoms with E-state index < -0.39 is 0 Å². The Labute approximate surface area is 119 Å². The zero-order valence-corrected chi connectivity index (χ0v) is 13.9. The second kappa shape index (κ2) is 8.47. The van der Waals surface area contributed by atoms with Crippen molar-refractivity contribution in [3.8, 4) is 0 Å². The van der Waals surface area contributed by atoms with Gasteiger partial charge >= 0.3 is 0 Å². The van der Waals surface area contributed by atoms with Gasteiger partial charge in [0.05, 0.1) is 0 Å². The third kappa shape index (κ3) is 5.97. The Morgan fingerprint density at radius 3 is 2.17 bits per heavy atom. The molecule has 0 aromatic heterocycles. The monoisotopic (exact) mass is 271 g/mol. The lowest BCUT2D eigenvalue weighted by molar-refractivity contribution is 0.185. The van der Waals surface area contributed by atoms with Crippen LogP contribution in [-0.2, 0) is 0 Å². The first kappa shape index (κ1) is 16.4. The normalized spacial score (nSPS) is 30.7. The van der Waals surface area contributed by atoms with Gasteiger partial charge in [0.15, 0.2) is 0 Å². The van der Waals surface area contributed by atoms with Gasteiger partial charge < -0.3 is 5.32 Å². The molecule has 1 aliphatic rings. The summed E-state index contributed by atoms with van der Waals surface area (Å²) in [5, 5.41) is 3.75. The van der Waals surface area contributed by atoms with Crippen LogP contribution in [-0.4, -0.2) is 24.1 Å². The highest BCUT2D eigenvalue weighted by atomic mass is 32.2. The molecule has 1 aliphatic carbocycles. The van der Waals surface area contributed by atoms with Crippen molar-refractivity contribution in [1.82, 2.24) is 5.32 Å². The van der Waals surface area contributed by atoms with Gasteiger partial charge in [-0.2, -0.15) is 11.8 Å². The molecule has 1 N–H and O–H groups in total. The number of thioether (sulfide) groups is 1. The van der Waals surface area contributed by atoms with Gasteiger partial charge in [-0.3, -0.25) is 0 Å². The smallest absolute Gasteiger partial charge is 0.0186 e. The Kier molecular flexibility index (Phi) is 7.70. The molecule has 0 saturated heterocycles. The van der Waals surface area contributed by atoms with Crippen molar-refractivity contribution in [3.05, 3.63) is 0 Å². The lowest BCUT2D eigenvalue weighted by Gasteiger charge is -2.37. The summed E-state index contributed by atoms with van der Waals surface area (Å²) in [5.74, 6) is 6.19. The zero-order chi connectivity index (χ0) is 13.5. The molecule has 0 aromatic carbocycles. The average molecular weight is 272 g/mol. The van der Waals surface area contributed by atoms with Gasteiger partial charge in [0.2, 0.25) is 0 Å². The quantitative estimate of drug-likeness (QED) is 0.735. The van der Waals surface area contributed by atoms with E-state index in [1.165, 1.54) is 30.8 Å². The molecular formula is C16H33NS. The van der Waals surface area contributed by atoms with Crippen molar-refractivity contribution in [2.75, 3.05) is 18.1 Å². The maximum absolute atomic E-state index is 3.75. The van der Waals surface area contributed by atoms with E-state index in [1.54, 1.807) is 0 Å². The summed E-state index contributed by atoms with van der Waals surface area (Å²) in [4.78, 5) is 0. The Balaban J connectivity index is 2.43. The molecule has 0 aliphatic heterocycles. The van der Waals surface area contributed by atoms with Crippen molar-refractivity contribution < 1.29 is 0 Å². The summed E-state index contributed by atoms with van der Waals surface area (Å²) in [6.45, 7) is 12.9. The predicted molar refractivity (Wildman–Crippen MR) is 85.3 cm³/mol. The van der Waals surface area contributed by atoms with Gasteiger partial charge in [-0.25, -0.2) is 0 Å². The Hall–Kier alpha value is 0.310. The fourth-order valence-corrected chi connectivity index (χ4v) is 4.64. The molecule has 3 atom stereocenters. The number of hydrogen-bond acceptors (Lipinski definition) is 2. The molecule has 0 spiro atoms. The summed E-state index contributed by atoms with van der Waals surface area (Å²) >= 11 is 2.14. The van der Waals surface area contributed by atoms with Crippen LogP contribution in [0.4, 0.5) is 0 Å². The molecule has 0 aromatic rings. The third-order valence-corrected chi connectivity index (χ3v) is 5.50. The van der Waals surface area contributed by atoms with Crippen LogP contribution in [0.15, 0.2) is 0 Å². The fraction of sp³-hybridized carbons (Fsp3) is 1.00. The fourth-order valence-electron chi connectivity index (χ4n) is 3.39. The van der Waals surface area contributed by atoms with Crippen molar-refractivity contribution in [2.45, 2.75) is 59.9 Å². The first-order valence-electron chi connectivity index (χ1n) is 7.84. The molecule has 0 radical (unpaired) electrons. The van der Waals surface area contributed by atoms with Crippen LogP contribution in [0.3, 0.4) is 0 Å². The van der Waals surface area contributed by atoms with Gasteiger partial charge in [-0.05, 0) is 55.2 Å². The lowest BCUT2D eigenvalue weighted by Crippen LogP contribution is -2.41. The molecule has 0 heterocycles. The highest BCUT2D eigenvalue weighted by Gasteiger charge is 2.29. The van der Waals surface area contributed by atoms with Crippen LogP contribution in [0.25, 0.3) is 0 Å². The van der Waals surface area contributed by atoms with E-state index in [1.807, 2.05) is 0 Å². The summed E-state index contributed by atoms with van der Waals surface area (Å²) in [5.41, 5.74) is 0. The summed E-state index contributed by atoms with van der Waals surface area (Å²) in [7, 11) is 0. The highest BCUT2D eigenvalue weighted by molar-refractivity contribution is 7.99. The summed E-state index contributed by atoms with van der Waals surface area (Å²) in [6.07, 6.45) is 4.31. The molecule has 0 bridgehead atoms. The summed E-state index contributed by atoms with van der Waals surface area (Å²) < 4.78 is 0. The molecule has 3 unspecified atom stereocenters. The largest absolute Gasteiger partial charge is 0.313 e. The number of nitrogens with one attached hydrogen (secondary N) is 1. The molecule has 1 rings (SSSR count). The first-order valence-corrected chi connectivity index (χ1v) is 8.99. The van der Waals surface area contributed by atoms with Gasteiger partial charge in [0, 0.05) is 11.8 Å². The van der Waals surface area contributed by atoms with E-state index in [-0.39, 0.29) is 0 Å². The van der Waals surface area contributed by atoms with Crippen molar-refractivity contribution in [2.24, 2.45) is 23.7 Å². The van der Waals surface area contributed by atoms with Crippen LogP contribution >= 0.6 is 11.8 Å². The average Bonchev–Trinajstić information content (AvgIpc) is 2.26. The Morgan fingerprint density at radius 1 is 1.06 bits per heavy atom. The van der Waals surface area contributed by atoms with Crippen LogP contribution < -0.4 is 5.32 Å². The lowest BCUT2D eigenvalue weighted by atomic mass is 9.74. The topological polar surface area (TPSA) is 12.0 Å². The minimum atomic E-state index is 0.740. The van der Waals surface area contributed by atoms with E-state index in [0.29, 0.717) is 0 Å². The molecule has 2 heteroatoms. The molecule has 1 fully saturated rings. The molecular weight excluding hydrogens is 238 g/mol. The van der Waals surface area contributed by atoms with Crippen molar-refractivity contribution in [1.29, 1.82) is 0 Å². The van der Waals surface area contributed by atoms with Crippen LogP contribution in [0.2, 0.25) is 0 Å². The van der Waals surface area contributed by atoms with E-state index in [4.69, 9.17) is 0 Å². The minimum absolute atomic E-state index is 0.740. The molecule has 1 nitrogen and oxygen atoms in total. The van der Waals surface area contributed by atoms with Gasteiger partial charge in [0.1, 0.15) is 0 Å². The predicted octanol–water partition coefficient (Wildman–Crippen LogP) is 4.43. The highest BCUT2D eigenvalue weighted by Crippen LogP contribution is 2.35. The van der Waals surface area contributed by atoms with Gasteiger partial charge in [0.25, 0.3) is 0 Å². The molecule has 1 saturated carbocycles. The van der Waals surface area contributed by atoms with Gasteiger partial charge in [-0.15, -0.1) is 0 Å². The second-order valence-corrected chi connectivity index (χ2v) is 7.85. The summed E-state index contributed by atoms with van der Waals surface area (Å²) in [6, 6.07) is 0.740. The minimum Gasteiger partial charge on any atom is -0.313 e. The van der Waals surface area contributed by atoms with Gasteiger partial charge in [-0.1, -0.05) is 34.6 Å². The molecule has 18 heavy (non-hydrogen) atoms. The first-order chi connectivity index (χ1) is 8.52. The van der Waals surface area contributed by atoms with E-state index in [0.717, 1.165) is 36.3 Å². The number of rotatable bonds is 7. The van der Waals surface area contributed by atoms with Crippen LogP contribution in [0.5, 0.6) is 0 Å². The van der Waals surface area contributed by atoms with Crippen molar-refractivity contribution >= 4 is 11.8 Å². The molecule has 108 valence electrons. The Morgan fingerprint density at radius 2 is 1.67 bits per heavy atom. The third-order valence-electron chi connectivity index (χ3n) is 4.00. The van der Waals surface area contributed by atoms with Crippen molar-refractivity contribution in [3.63, 3.8) is 0 Å². The Bertz CT molecular complexity index is 207. The number of hydrogen-bond donors (Lipinski definition) is 1. The van der Waals surface area contributed by atoms with E-state index in [9.17, 15) is 0 Å². The zero-order valence-electron chi connectivity index (χ0n) is 13.0. The maximum atomic E-state index is 3.75. The molecule has 0 amide bonds. The SMILES string of the molecule is CCNC(CSCC(C)C)C1CC(C)CC(C)C1. The standard InChI is InChI=1S/C16H33NS/c1-6-17-16(11-18-10-12(2)3)15-8-13(4)7-14(5)9-15/h12-17H,6-11H2,1-5H3. The van der Waals surface area contributed by atoms with E-state index >= 15 is 0 Å².